The van der Waals surface area contributed by atoms with Crippen molar-refractivity contribution in [1.82, 2.24) is 0 Å². The van der Waals surface area contributed by atoms with Crippen LogP contribution in [0.3, 0.4) is 0 Å². The molecule has 0 aliphatic carbocycles. The Morgan fingerprint density at radius 1 is 1.12 bits per heavy atom. The molecule has 1 aromatic carbocycles. The number of anilines is 1. The number of rotatable bonds is 6. The zero-order chi connectivity index (χ0) is 11.8. The molecular weight excluding hydrogens is 198 g/mol. The van der Waals surface area contributed by atoms with E-state index in [4.69, 9.17) is 0 Å². The average Bonchev–Trinajstić information content (AvgIpc) is 2.28. The number of amides is 1. The topological polar surface area (TPSA) is 29.1 Å². The van der Waals surface area contributed by atoms with E-state index in [-0.39, 0.29) is 5.91 Å². The van der Waals surface area contributed by atoms with Crippen LogP contribution in [0.25, 0.3) is 0 Å². The first-order valence-electron chi connectivity index (χ1n) is 6.09. The Morgan fingerprint density at radius 3 is 2.44 bits per heavy atom. The Balaban J connectivity index is 2.26. The minimum atomic E-state index is 0.125. The Kier molecular flexibility index (Phi) is 5.62. The number of unbranched alkanes of at least 4 members (excludes halogenated alkanes) is 3. The smallest absolute Gasteiger partial charge is 0.224 e. The van der Waals surface area contributed by atoms with Gasteiger partial charge >= 0.3 is 0 Å². The van der Waals surface area contributed by atoms with E-state index in [0.29, 0.717) is 6.42 Å². The van der Waals surface area contributed by atoms with Gasteiger partial charge in [0, 0.05) is 12.1 Å². The van der Waals surface area contributed by atoms with Gasteiger partial charge in [-0.05, 0) is 25.5 Å². The minimum absolute atomic E-state index is 0.125. The molecule has 2 nitrogen and oxygen atoms in total. The van der Waals surface area contributed by atoms with Crippen LogP contribution in [0, 0.1) is 6.92 Å². The third-order valence-corrected chi connectivity index (χ3v) is 2.59. The molecule has 0 bridgehead atoms. The van der Waals surface area contributed by atoms with Gasteiger partial charge in [-0.15, -0.1) is 0 Å². The first-order valence-corrected chi connectivity index (χ1v) is 6.09. The van der Waals surface area contributed by atoms with Crippen LogP contribution in [-0.2, 0) is 4.79 Å². The van der Waals surface area contributed by atoms with Gasteiger partial charge in [0.1, 0.15) is 0 Å². The molecule has 0 heterocycles. The second-order valence-electron chi connectivity index (χ2n) is 4.22. The first-order chi connectivity index (χ1) is 7.72. The summed E-state index contributed by atoms with van der Waals surface area (Å²) in [6.07, 6.45) is 5.20. The number of carbonyl (C=O) groups excluding carboxylic acids is 1. The van der Waals surface area contributed by atoms with E-state index in [1.165, 1.54) is 18.4 Å². The largest absolute Gasteiger partial charge is 0.326 e. The molecule has 0 aliphatic rings. The number of aryl methyl sites for hydroxylation is 1. The maximum atomic E-state index is 11.5. The molecule has 0 atom stereocenters. The summed E-state index contributed by atoms with van der Waals surface area (Å²) in [5, 5.41) is 2.91. The van der Waals surface area contributed by atoms with Crippen LogP contribution in [0.4, 0.5) is 5.69 Å². The monoisotopic (exact) mass is 219 g/mol. The van der Waals surface area contributed by atoms with E-state index in [1.54, 1.807) is 0 Å². The van der Waals surface area contributed by atoms with Crippen molar-refractivity contribution in [2.24, 2.45) is 0 Å². The third-order valence-electron chi connectivity index (χ3n) is 2.59. The number of benzene rings is 1. The first kappa shape index (κ1) is 12.8. The van der Waals surface area contributed by atoms with E-state index in [2.05, 4.69) is 12.2 Å². The van der Waals surface area contributed by atoms with Crippen molar-refractivity contribution in [3.63, 3.8) is 0 Å². The molecule has 0 radical (unpaired) electrons. The van der Waals surface area contributed by atoms with Crippen molar-refractivity contribution in [2.45, 2.75) is 46.0 Å². The molecule has 0 saturated heterocycles. The van der Waals surface area contributed by atoms with Crippen LogP contribution in [0.15, 0.2) is 24.3 Å². The minimum Gasteiger partial charge on any atom is -0.326 e. The van der Waals surface area contributed by atoms with Crippen LogP contribution in [0.1, 0.15) is 44.6 Å². The van der Waals surface area contributed by atoms with Gasteiger partial charge < -0.3 is 5.32 Å². The summed E-state index contributed by atoms with van der Waals surface area (Å²) in [6, 6.07) is 7.90. The Hall–Kier alpha value is -1.31. The zero-order valence-electron chi connectivity index (χ0n) is 10.3. The van der Waals surface area contributed by atoms with Gasteiger partial charge in [-0.3, -0.25) is 4.79 Å². The van der Waals surface area contributed by atoms with Gasteiger partial charge in [0.15, 0.2) is 0 Å². The highest BCUT2D eigenvalue weighted by Gasteiger charge is 2.01. The van der Waals surface area contributed by atoms with Crippen LogP contribution in [0.5, 0.6) is 0 Å². The molecule has 0 saturated carbocycles. The highest BCUT2D eigenvalue weighted by Crippen LogP contribution is 2.10. The Labute approximate surface area is 98.1 Å². The summed E-state index contributed by atoms with van der Waals surface area (Å²) in [6.45, 7) is 4.21. The maximum absolute atomic E-state index is 11.5. The molecular formula is C14H21NO. The maximum Gasteiger partial charge on any atom is 0.224 e. The lowest BCUT2D eigenvalue weighted by atomic mass is 10.1. The van der Waals surface area contributed by atoms with Gasteiger partial charge in [-0.25, -0.2) is 0 Å². The highest BCUT2D eigenvalue weighted by atomic mass is 16.1. The van der Waals surface area contributed by atoms with E-state index in [0.717, 1.165) is 18.5 Å². The lowest BCUT2D eigenvalue weighted by Crippen LogP contribution is -2.10. The summed E-state index contributed by atoms with van der Waals surface area (Å²) in [5.74, 6) is 0.125. The lowest BCUT2D eigenvalue weighted by molar-refractivity contribution is -0.116. The lowest BCUT2D eigenvalue weighted by Gasteiger charge is -2.05. The van der Waals surface area contributed by atoms with Crippen LogP contribution in [-0.4, -0.2) is 5.91 Å². The molecule has 2 heteroatoms. The number of hydrogen-bond acceptors (Lipinski definition) is 1. The molecule has 1 N–H and O–H groups in total. The normalized spacial score (nSPS) is 10.1. The summed E-state index contributed by atoms with van der Waals surface area (Å²) in [4.78, 5) is 11.5. The van der Waals surface area contributed by atoms with Gasteiger partial charge in [0.05, 0.1) is 0 Å². The van der Waals surface area contributed by atoms with Gasteiger partial charge in [-0.2, -0.15) is 0 Å². The fraction of sp³-hybridized carbons (Fsp3) is 0.500. The number of carbonyl (C=O) groups is 1. The second kappa shape index (κ2) is 7.04. The average molecular weight is 219 g/mol. The predicted molar refractivity (Wildman–Crippen MR) is 68.6 cm³/mol. The Bertz CT molecular complexity index is 316. The molecule has 0 spiro atoms. The van der Waals surface area contributed by atoms with E-state index in [1.807, 2.05) is 31.2 Å². The molecule has 0 fully saturated rings. The zero-order valence-corrected chi connectivity index (χ0v) is 10.3. The summed E-state index contributed by atoms with van der Waals surface area (Å²) in [5.41, 5.74) is 2.10. The van der Waals surface area contributed by atoms with Gasteiger partial charge in [0.25, 0.3) is 0 Å². The van der Waals surface area contributed by atoms with Crippen molar-refractivity contribution in [2.75, 3.05) is 5.32 Å². The fourth-order valence-electron chi connectivity index (χ4n) is 1.57. The van der Waals surface area contributed by atoms with Crippen molar-refractivity contribution >= 4 is 11.6 Å². The van der Waals surface area contributed by atoms with Crippen LogP contribution in [0.2, 0.25) is 0 Å². The van der Waals surface area contributed by atoms with Crippen molar-refractivity contribution in [3.8, 4) is 0 Å². The molecule has 16 heavy (non-hydrogen) atoms. The quantitative estimate of drug-likeness (QED) is 0.722. The van der Waals surface area contributed by atoms with E-state index in [9.17, 15) is 4.79 Å². The summed E-state index contributed by atoms with van der Waals surface area (Å²) < 4.78 is 0. The van der Waals surface area contributed by atoms with Gasteiger partial charge in [-0.1, -0.05) is 43.9 Å². The molecule has 0 aromatic heterocycles. The number of nitrogens with one attached hydrogen (secondary N) is 1. The molecule has 1 rings (SSSR count). The molecule has 0 unspecified atom stereocenters. The summed E-state index contributed by atoms with van der Waals surface area (Å²) in [7, 11) is 0. The Morgan fingerprint density at radius 2 is 1.81 bits per heavy atom. The molecule has 1 amide bonds. The van der Waals surface area contributed by atoms with E-state index < -0.39 is 0 Å². The molecule has 88 valence electrons. The predicted octanol–water partition coefficient (Wildman–Crippen LogP) is 3.90. The van der Waals surface area contributed by atoms with Crippen molar-refractivity contribution in [1.29, 1.82) is 0 Å². The molecule has 0 aliphatic heterocycles. The standard InChI is InChI=1S/C14H21NO/c1-3-4-5-6-7-14(16)15-13-10-8-12(2)9-11-13/h8-11H,3-7H2,1-2H3,(H,15,16). The van der Waals surface area contributed by atoms with Crippen LogP contribution >= 0.6 is 0 Å². The highest BCUT2D eigenvalue weighted by molar-refractivity contribution is 5.90. The van der Waals surface area contributed by atoms with E-state index >= 15 is 0 Å². The summed E-state index contributed by atoms with van der Waals surface area (Å²) >= 11 is 0. The van der Waals surface area contributed by atoms with Gasteiger partial charge in [0.2, 0.25) is 5.91 Å². The molecule has 1 aromatic rings. The second-order valence-corrected chi connectivity index (χ2v) is 4.22. The fourth-order valence-corrected chi connectivity index (χ4v) is 1.57. The number of hydrogen-bond donors (Lipinski definition) is 1. The SMILES string of the molecule is CCCCCCC(=O)Nc1ccc(C)cc1. The van der Waals surface area contributed by atoms with Crippen LogP contribution < -0.4 is 5.32 Å². The van der Waals surface area contributed by atoms with Crippen molar-refractivity contribution in [3.05, 3.63) is 29.8 Å². The third kappa shape index (κ3) is 4.96. The van der Waals surface area contributed by atoms with Crippen molar-refractivity contribution < 1.29 is 4.79 Å².